The minimum Gasteiger partial charge on any atom is -0.482 e. The Morgan fingerprint density at radius 2 is 1.81 bits per heavy atom. The average Bonchev–Trinajstić information content (AvgIpc) is 3.52. The van der Waals surface area contributed by atoms with E-state index in [1.165, 1.54) is 12.1 Å². The molecule has 0 unspecified atom stereocenters. The van der Waals surface area contributed by atoms with Crippen LogP contribution in [0.5, 0.6) is 5.75 Å². The standard InChI is InChI=1S/C27H23F3O5S2/c1-17-11-22(8-9-23(17)34-13-26(31)32)37-14-19-12-24(18-4-6-20(7-5-18)27(28,29)30)35-25(19)16-36-15-21-3-2-10-33-21/h2-12H,13-16H2,1H3,(H,31,32). The molecule has 2 aromatic heterocycles. The van der Waals surface area contributed by atoms with E-state index in [1.54, 1.807) is 35.9 Å². The lowest BCUT2D eigenvalue weighted by Gasteiger charge is -2.09. The number of furan rings is 2. The summed E-state index contributed by atoms with van der Waals surface area (Å²) < 4.78 is 55.7. The number of benzene rings is 2. The molecule has 0 saturated carbocycles. The zero-order valence-corrected chi connectivity index (χ0v) is 21.3. The third kappa shape index (κ3) is 7.39. The fraction of sp³-hybridized carbons (Fsp3) is 0.222. The Hall–Kier alpha value is -3.24. The second-order valence-corrected chi connectivity index (χ2v) is 10.1. The number of aryl methyl sites for hydroxylation is 1. The van der Waals surface area contributed by atoms with Crippen molar-refractivity contribution in [1.29, 1.82) is 0 Å². The van der Waals surface area contributed by atoms with Crippen LogP contribution in [0.2, 0.25) is 0 Å². The van der Waals surface area contributed by atoms with E-state index in [-0.39, 0.29) is 0 Å². The van der Waals surface area contributed by atoms with Crippen LogP contribution in [0.1, 0.15) is 28.2 Å². The van der Waals surface area contributed by atoms with Gasteiger partial charge < -0.3 is 18.7 Å². The highest BCUT2D eigenvalue weighted by Crippen LogP contribution is 2.36. The molecule has 0 aliphatic heterocycles. The number of aliphatic carboxylic acids is 1. The van der Waals surface area contributed by atoms with E-state index >= 15 is 0 Å². The maximum atomic E-state index is 13.0. The first kappa shape index (κ1) is 26.8. The van der Waals surface area contributed by atoms with Crippen molar-refractivity contribution in [1.82, 2.24) is 0 Å². The van der Waals surface area contributed by atoms with Gasteiger partial charge in [0, 0.05) is 21.8 Å². The molecule has 0 amide bonds. The monoisotopic (exact) mass is 548 g/mol. The Bertz CT molecular complexity index is 1330. The summed E-state index contributed by atoms with van der Waals surface area (Å²) in [6.45, 7) is 1.44. The molecule has 0 spiro atoms. The second-order valence-electron chi connectivity index (χ2n) is 8.10. The number of carbonyl (C=O) groups is 1. The Kier molecular flexibility index (Phi) is 8.60. The van der Waals surface area contributed by atoms with Gasteiger partial charge >= 0.3 is 12.1 Å². The van der Waals surface area contributed by atoms with Gasteiger partial charge in [0.15, 0.2) is 6.61 Å². The zero-order valence-electron chi connectivity index (χ0n) is 19.7. The summed E-state index contributed by atoms with van der Waals surface area (Å²) >= 11 is 3.19. The number of carboxylic acids is 1. The van der Waals surface area contributed by atoms with Crippen molar-refractivity contribution in [2.45, 2.75) is 35.3 Å². The highest BCUT2D eigenvalue weighted by molar-refractivity contribution is 7.98. The maximum Gasteiger partial charge on any atom is 0.416 e. The molecular formula is C27H23F3O5S2. The van der Waals surface area contributed by atoms with Gasteiger partial charge in [-0.3, -0.25) is 0 Å². The summed E-state index contributed by atoms with van der Waals surface area (Å²) in [6, 6.07) is 16.0. The molecule has 10 heteroatoms. The SMILES string of the molecule is Cc1cc(SCc2cc(-c3ccc(C(F)(F)F)cc3)oc2CSCc2ccco2)ccc1OCC(=O)O. The summed E-state index contributed by atoms with van der Waals surface area (Å²) in [5.41, 5.74) is 1.62. The average molecular weight is 549 g/mol. The molecule has 0 fully saturated rings. The fourth-order valence-corrected chi connectivity index (χ4v) is 5.38. The molecule has 0 radical (unpaired) electrons. The van der Waals surface area contributed by atoms with Crippen LogP contribution in [-0.2, 0) is 28.2 Å². The normalized spacial score (nSPS) is 11.6. The zero-order chi connectivity index (χ0) is 26.4. The lowest BCUT2D eigenvalue weighted by Crippen LogP contribution is -2.09. The lowest BCUT2D eigenvalue weighted by atomic mass is 10.1. The predicted molar refractivity (Wildman–Crippen MR) is 137 cm³/mol. The molecule has 1 N–H and O–H groups in total. The summed E-state index contributed by atoms with van der Waals surface area (Å²) in [5, 5.41) is 8.81. The second kappa shape index (κ2) is 11.9. The summed E-state index contributed by atoms with van der Waals surface area (Å²) in [6.07, 6.45) is -2.78. The molecule has 5 nitrogen and oxygen atoms in total. The number of thioether (sulfide) groups is 2. The number of alkyl halides is 3. The predicted octanol–water partition coefficient (Wildman–Crippen LogP) is 8.06. The van der Waals surface area contributed by atoms with Crippen LogP contribution in [0.4, 0.5) is 13.2 Å². The quantitative estimate of drug-likeness (QED) is 0.190. The maximum absolute atomic E-state index is 13.0. The minimum absolute atomic E-state index is 0.409. The number of hydrogen-bond acceptors (Lipinski definition) is 6. The summed E-state index contributed by atoms with van der Waals surface area (Å²) in [4.78, 5) is 11.7. The van der Waals surface area contributed by atoms with Crippen molar-refractivity contribution < 1.29 is 36.6 Å². The van der Waals surface area contributed by atoms with Crippen molar-refractivity contribution in [2.75, 3.05) is 6.61 Å². The molecule has 4 rings (SSSR count). The number of rotatable bonds is 11. The first-order valence-corrected chi connectivity index (χ1v) is 13.3. The molecule has 2 aromatic carbocycles. The first-order chi connectivity index (χ1) is 17.7. The number of halogens is 3. The van der Waals surface area contributed by atoms with Gasteiger partial charge in [-0.25, -0.2) is 4.79 Å². The van der Waals surface area contributed by atoms with E-state index < -0.39 is 24.3 Å². The van der Waals surface area contributed by atoms with Crippen molar-refractivity contribution in [3.05, 3.63) is 95.1 Å². The smallest absolute Gasteiger partial charge is 0.416 e. The highest BCUT2D eigenvalue weighted by atomic mass is 32.2. The van der Waals surface area contributed by atoms with E-state index in [4.69, 9.17) is 18.7 Å². The van der Waals surface area contributed by atoms with Gasteiger partial charge in [0.25, 0.3) is 0 Å². The number of hydrogen-bond donors (Lipinski definition) is 1. The third-order valence-corrected chi connectivity index (χ3v) is 7.34. The molecule has 0 bridgehead atoms. The Balaban J connectivity index is 1.50. The van der Waals surface area contributed by atoms with Crippen molar-refractivity contribution in [3.63, 3.8) is 0 Å². The number of carboxylic acid groups (broad SMARTS) is 1. The third-order valence-electron chi connectivity index (χ3n) is 5.34. The van der Waals surface area contributed by atoms with Crippen molar-refractivity contribution >= 4 is 29.5 Å². The van der Waals surface area contributed by atoms with Crippen LogP contribution in [-0.4, -0.2) is 17.7 Å². The topological polar surface area (TPSA) is 72.8 Å². The van der Waals surface area contributed by atoms with Gasteiger partial charge in [-0.1, -0.05) is 12.1 Å². The Morgan fingerprint density at radius 3 is 2.46 bits per heavy atom. The van der Waals surface area contributed by atoms with Gasteiger partial charge in [0.05, 0.1) is 23.3 Å². The Morgan fingerprint density at radius 1 is 1.03 bits per heavy atom. The molecular weight excluding hydrogens is 525 g/mol. The van der Waals surface area contributed by atoms with Crippen LogP contribution < -0.4 is 4.74 Å². The van der Waals surface area contributed by atoms with Gasteiger partial charge in [0.1, 0.15) is 23.0 Å². The van der Waals surface area contributed by atoms with Gasteiger partial charge in [-0.15, -0.1) is 23.5 Å². The van der Waals surface area contributed by atoms with Gasteiger partial charge in [-0.05, 0) is 61.0 Å². The van der Waals surface area contributed by atoms with Gasteiger partial charge in [0.2, 0.25) is 0 Å². The first-order valence-electron chi connectivity index (χ1n) is 11.2. The molecule has 0 aliphatic carbocycles. The lowest BCUT2D eigenvalue weighted by molar-refractivity contribution is -0.139. The van der Waals surface area contributed by atoms with E-state index in [0.29, 0.717) is 34.3 Å². The molecule has 0 atom stereocenters. The molecule has 0 saturated heterocycles. The van der Waals surface area contributed by atoms with E-state index in [1.807, 2.05) is 37.3 Å². The van der Waals surface area contributed by atoms with E-state index in [2.05, 4.69) is 0 Å². The molecule has 4 aromatic rings. The van der Waals surface area contributed by atoms with Crippen LogP contribution in [0, 0.1) is 6.92 Å². The van der Waals surface area contributed by atoms with E-state index in [0.717, 1.165) is 39.7 Å². The summed E-state index contributed by atoms with van der Waals surface area (Å²) in [5.74, 6) is 3.37. The molecule has 0 aliphatic rings. The van der Waals surface area contributed by atoms with Crippen LogP contribution in [0.15, 0.2) is 80.7 Å². The van der Waals surface area contributed by atoms with Crippen LogP contribution in [0.25, 0.3) is 11.3 Å². The van der Waals surface area contributed by atoms with Crippen molar-refractivity contribution in [3.8, 4) is 17.1 Å². The molecule has 37 heavy (non-hydrogen) atoms. The number of ether oxygens (including phenoxy) is 1. The molecule has 194 valence electrons. The minimum atomic E-state index is -4.40. The van der Waals surface area contributed by atoms with E-state index in [9.17, 15) is 18.0 Å². The van der Waals surface area contributed by atoms with Crippen LogP contribution in [0.3, 0.4) is 0 Å². The van der Waals surface area contributed by atoms with Crippen molar-refractivity contribution in [2.24, 2.45) is 0 Å². The van der Waals surface area contributed by atoms with Gasteiger partial charge in [-0.2, -0.15) is 13.2 Å². The fourth-order valence-electron chi connectivity index (χ4n) is 3.49. The highest BCUT2D eigenvalue weighted by Gasteiger charge is 2.30. The molecule has 2 heterocycles. The Labute approximate surface area is 220 Å². The van der Waals surface area contributed by atoms with Crippen LogP contribution >= 0.6 is 23.5 Å². The summed E-state index contributed by atoms with van der Waals surface area (Å²) in [7, 11) is 0. The largest absolute Gasteiger partial charge is 0.482 e.